The third kappa shape index (κ3) is 5.62. The summed E-state index contributed by atoms with van der Waals surface area (Å²) in [5, 5.41) is 3.10. The number of halogens is 1. The van der Waals surface area contributed by atoms with Crippen molar-refractivity contribution in [2.45, 2.75) is 10.6 Å². The van der Waals surface area contributed by atoms with E-state index < -0.39 is 5.97 Å². The molecule has 0 bridgehead atoms. The zero-order valence-corrected chi connectivity index (χ0v) is 14.1. The average Bonchev–Trinajstić information content (AvgIpc) is 2.59. The van der Waals surface area contributed by atoms with Crippen LogP contribution in [0.5, 0.6) is 0 Å². The van der Waals surface area contributed by atoms with Crippen molar-refractivity contribution in [3.05, 3.63) is 64.7 Å². The van der Waals surface area contributed by atoms with E-state index in [0.717, 1.165) is 16.2 Å². The molecule has 0 aliphatic rings. The van der Waals surface area contributed by atoms with Crippen LogP contribution in [0.25, 0.3) is 0 Å². The molecular formula is C17H16ClNO3S. The number of esters is 1. The predicted octanol–water partition coefficient (Wildman–Crippen LogP) is 3.54. The summed E-state index contributed by atoms with van der Waals surface area (Å²) in [6.45, 7) is -0.279. The smallest absolute Gasteiger partial charge is 0.338 e. The Morgan fingerprint density at radius 2 is 1.91 bits per heavy atom. The number of carbonyl (C=O) groups is 2. The molecule has 0 aliphatic heterocycles. The highest BCUT2D eigenvalue weighted by molar-refractivity contribution is 7.98. The van der Waals surface area contributed by atoms with Gasteiger partial charge in [-0.3, -0.25) is 4.79 Å². The van der Waals surface area contributed by atoms with Gasteiger partial charge in [0.1, 0.15) is 0 Å². The van der Waals surface area contributed by atoms with E-state index in [1.54, 1.807) is 30.0 Å². The zero-order valence-electron chi connectivity index (χ0n) is 12.5. The van der Waals surface area contributed by atoms with Gasteiger partial charge in [-0.2, -0.15) is 0 Å². The van der Waals surface area contributed by atoms with Crippen LogP contribution in [0.2, 0.25) is 5.02 Å². The summed E-state index contributed by atoms with van der Waals surface area (Å²) in [4.78, 5) is 24.1. The third-order valence-electron chi connectivity index (χ3n) is 3.00. The summed E-state index contributed by atoms with van der Waals surface area (Å²) in [5.41, 5.74) is 1.43. The molecule has 4 nitrogen and oxygen atoms in total. The Bertz CT molecular complexity index is 688. The first-order valence-corrected chi connectivity index (χ1v) is 8.30. The number of carbonyl (C=O) groups excluding carboxylic acids is 2. The highest BCUT2D eigenvalue weighted by Crippen LogP contribution is 2.24. The second-order valence-electron chi connectivity index (χ2n) is 4.69. The maximum atomic E-state index is 11.9. The summed E-state index contributed by atoms with van der Waals surface area (Å²) in [5.74, 6) is -0.127. The number of likely N-dealkylation sites (N-methyl/N-ethyl adjacent to an activating group) is 1. The van der Waals surface area contributed by atoms with Crippen molar-refractivity contribution in [2.24, 2.45) is 0 Å². The molecule has 23 heavy (non-hydrogen) atoms. The van der Waals surface area contributed by atoms with Crippen LogP contribution in [0.1, 0.15) is 15.9 Å². The molecule has 0 heterocycles. The normalized spacial score (nSPS) is 10.2. The van der Waals surface area contributed by atoms with Crippen molar-refractivity contribution in [1.82, 2.24) is 5.32 Å². The number of hydrogen-bond donors (Lipinski definition) is 1. The summed E-state index contributed by atoms with van der Waals surface area (Å²) in [6, 6.07) is 14.8. The van der Waals surface area contributed by atoms with Gasteiger partial charge in [-0.1, -0.05) is 23.7 Å². The van der Waals surface area contributed by atoms with Gasteiger partial charge in [0.25, 0.3) is 5.91 Å². The SMILES string of the molecule is CNC(=O)COC(=O)c1cccc(CSc2ccc(Cl)cc2)c1. The van der Waals surface area contributed by atoms with Crippen LogP contribution < -0.4 is 5.32 Å². The Labute approximate surface area is 144 Å². The minimum absolute atomic E-state index is 0.279. The van der Waals surface area contributed by atoms with E-state index in [1.807, 2.05) is 30.3 Å². The van der Waals surface area contributed by atoms with Gasteiger partial charge in [-0.15, -0.1) is 11.8 Å². The van der Waals surface area contributed by atoms with E-state index in [4.69, 9.17) is 16.3 Å². The number of ether oxygens (including phenoxy) is 1. The summed E-state index contributed by atoms with van der Waals surface area (Å²) in [7, 11) is 1.49. The first kappa shape index (κ1) is 17.4. The molecular weight excluding hydrogens is 334 g/mol. The van der Waals surface area contributed by atoms with E-state index in [1.165, 1.54) is 7.05 Å². The third-order valence-corrected chi connectivity index (χ3v) is 4.33. The Kier molecular flexibility index (Phi) is 6.50. The molecule has 1 N–H and O–H groups in total. The standard InChI is InChI=1S/C17H16ClNO3S/c1-19-16(20)10-22-17(21)13-4-2-3-12(9-13)11-23-15-7-5-14(18)6-8-15/h2-9H,10-11H2,1H3,(H,19,20). The van der Waals surface area contributed by atoms with E-state index in [2.05, 4.69) is 5.32 Å². The lowest BCUT2D eigenvalue weighted by Crippen LogP contribution is -2.25. The molecule has 120 valence electrons. The van der Waals surface area contributed by atoms with E-state index in [0.29, 0.717) is 10.6 Å². The fourth-order valence-corrected chi connectivity index (χ4v) is 2.74. The minimum atomic E-state index is -0.507. The summed E-state index contributed by atoms with van der Waals surface area (Å²) < 4.78 is 4.94. The first-order chi connectivity index (χ1) is 11.1. The van der Waals surface area contributed by atoms with Gasteiger partial charge in [0.2, 0.25) is 0 Å². The van der Waals surface area contributed by atoms with Crippen LogP contribution in [0.15, 0.2) is 53.4 Å². The van der Waals surface area contributed by atoms with Gasteiger partial charge in [-0.25, -0.2) is 4.79 Å². The van der Waals surface area contributed by atoms with Crippen molar-refractivity contribution in [2.75, 3.05) is 13.7 Å². The highest BCUT2D eigenvalue weighted by Gasteiger charge is 2.10. The van der Waals surface area contributed by atoms with Crippen molar-refractivity contribution >= 4 is 35.2 Å². The molecule has 0 fully saturated rings. The Balaban J connectivity index is 1.95. The molecule has 0 aliphatic carbocycles. The Morgan fingerprint density at radius 1 is 1.17 bits per heavy atom. The molecule has 0 spiro atoms. The predicted molar refractivity (Wildman–Crippen MR) is 91.8 cm³/mol. The van der Waals surface area contributed by atoms with Crippen LogP contribution >= 0.6 is 23.4 Å². The first-order valence-electron chi connectivity index (χ1n) is 6.93. The zero-order chi connectivity index (χ0) is 16.7. The van der Waals surface area contributed by atoms with E-state index >= 15 is 0 Å². The molecule has 0 saturated heterocycles. The number of amides is 1. The molecule has 0 unspecified atom stereocenters. The lowest BCUT2D eigenvalue weighted by molar-refractivity contribution is -0.123. The highest BCUT2D eigenvalue weighted by atomic mass is 35.5. The molecule has 0 atom stereocenters. The molecule has 2 rings (SSSR count). The van der Waals surface area contributed by atoms with Crippen LogP contribution in [0.4, 0.5) is 0 Å². The van der Waals surface area contributed by atoms with E-state index in [-0.39, 0.29) is 12.5 Å². The second-order valence-corrected chi connectivity index (χ2v) is 6.18. The van der Waals surface area contributed by atoms with Crippen molar-refractivity contribution in [3.8, 4) is 0 Å². The van der Waals surface area contributed by atoms with Crippen molar-refractivity contribution in [1.29, 1.82) is 0 Å². The maximum Gasteiger partial charge on any atom is 0.338 e. The number of thioether (sulfide) groups is 1. The monoisotopic (exact) mass is 349 g/mol. The van der Waals surface area contributed by atoms with Crippen LogP contribution in [-0.2, 0) is 15.3 Å². The molecule has 6 heteroatoms. The molecule has 2 aromatic carbocycles. The van der Waals surface area contributed by atoms with Gasteiger partial charge in [0.15, 0.2) is 6.61 Å². The van der Waals surface area contributed by atoms with Gasteiger partial charge < -0.3 is 10.1 Å². The lowest BCUT2D eigenvalue weighted by Gasteiger charge is -2.06. The maximum absolute atomic E-state index is 11.9. The number of nitrogens with one attached hydrogen (secondary N) is 1. The molecule has 2 aromatic rings. The van der Waals surface area contributed by atoms with Crippen LogP contribution in [0.3, 0.4) is 0 Å². The van der Waals surface area contributed by atoms with Gasteiger partial charge in [-0.05, 0) is 42.0 Å². The fourth-order valence-electron chi connectivity index (χ4n) is 1.77. The van der Waals surface area contributed by atoms with E-state index in [9.17, 15) is 9.59 Å². The molecule has 1 amide bonds. The molecule has 0 saturated carbocycles. The van der Waals surface area contributed by atoms with Crippen molar-refractivity contribution in [3.63, 3.8) is 0 Å². The largest absolute Gasteiger partial charge is 0.452 e. The van der Waals surface area contributed by atoms with Crippen molar-refractivity contribution < 1.29 is 14.3 Å². The number of hydrogen-bond acceptors (Lipinski definition) is 4. The summed E-state index contributed by atoms with van der Waals surface area (Å²) in [6.07, 6.45) is 0. The topological polar surface area (TPSA) is 55.4 Å². The molecule has 0 aromatic heterocycles. The second kappa shape index (κ2) is 8.60. The minimum Gasteiger partial charge on any atom is -0.452 e. The average molecular weight is 350 g/mol. The van der Waals surface area contributed by atoms with Gasteiger partial charge >= 0.3 is 5.97 Å². The Hall–Kier alpha value is -1.98. The van der Waals surface area contributed by atoms with Crippen LogP contribution in [-0.4, -0.2) is 25.5 Å². The number of rotatable bonds is 6. The van der Waals surface area contributed by atoms with Crippen LogP contribution in [0, 0.1) is 0 Å². The fraction of sp³-hybridized carbons (Fsp3) is 0.176. The quantitative estimate of drug-likeness (QED) is 0.640. The van der Waals surface area contributed by atoms with Gasteiger partial charge in [0, 0.05) is 22.7 Å². The number of benzene rings is 2. The molecule has 0 radical (unpaired) electrons. The Morgan fingerprint density at radius 3 is 2.61 bits per heavy atom. The lowest BCUT2D eigenvalue weighted by atomic mass is 10.1. The summed E-state index contributed by atoms with van der Waals surface area (Å²) >= 11 is 7.51. The van der Waals surface area contributed by atoms with Gasteiger partial charge in [0.05, 0.1) is 5.56 Å².